The molecule has 0 bridgehead atoms. The van der Waals surface area contributed by atoms with Crippen LogP contribution in [0.25, 0.3) is 0 Å². The quantitative estimate of drug-likeness (QED) is 0.599. The molecule has 0 saturated heterocycles. The topological polar surface area (TPSA) is 46.2 Å². The Labute approximate surface area is 62.4 Å². The lowest BCUT2D eigenvalue weighted by Crippen LogP contribution is -2.50. The van der Waals surface area contributed by atoms with Crippen LogP contribution >= 0.6 is 0 Å². The highest BCUT2D eigenvalue weighted by molar-refractivity contribution is 4.95. The first-order valence-electron chi connectivity index (χ1n) is 4.00. The summed E-state index contributed by atoms with van der Waals surface area (Å²) in [7, 11) is 0. The molecule has 0 aromatic heterocycles. The van der Waals surface area contributed by atoms with Gasteiger partial charge in [-0.3, -0.25) is 0 Å². The van der Waals surface area contributed by atoms with E-state index in [1.54, 1.807) is 0 Å². The number of hydrogen-bond donors (Lipinski definition) is 2. The number of nitrogens with two attached hydrogens (primary N) is 1. The monoisotopic (exact) mass is 143 g/mol. The van der Waals surface area contributed by atoms with Gasteiger partial charge in [0.1, 0.15) is 0 Å². The molecule has 0 radical (unpaired) electrons. The van der Waals surface area contributed by atoms with Crippen LogP contribution < -0.4 is 5.73 Å². The van der Waals surface area contributed by atoms with Gasteiger partial charge in [0, 0.05) is 6.54 Å². The van der Waals surface area contributed by atoms with Crippen molar-refractivity contribution in [1.29, 1.82) is 0 Å². The first-order chi connectivity index (χ1) is 4.57. The van der Waals surface area contributed by atoms with Crippen molar-refractivity contribution in [3.05, 3.63) is 0 Å². The molecular weight excluding hydrogens is 126 g/mol. The molecule has 0 aromatic rings. The van der Waals surface area contributed by atoms with E-state index < -0.39 is 5.60 Å². The third-order valence-electron chi connectivity index (χ3n) is 2.61. The van der Waals surface area contributed by atoms with Crippen molar-refractivity contribution in [1.82, 2.24) is 0 Å². The van der Waals surface area contributed by atoms with Crippen molar-refractivity contribution >= 4 is 0 Å². The van der Waals surface area contributed by atoms with E-state index in [-0.39, 0.29) is 0 Å². The average molecular weight is 143 g/mol. The van der Waals surface area contributed by atoms with Crippen molar-refractivity contribution < 1.29 is 5.11 Å². The third kappa shape index (κ3) is 1.32. The van der Waals surface area contributed by atoms with Crippen LogP contribution in [0.3, 0.4) is 0 Å². The Morgan fingerprint density at radius 3 is 2.40 bits per heavy atom. The SMILES string of the molecule is CC(C)[C@H]1C[C@](O)(CN)C1. The van der Waals surface area contributed by atoms with Gasteiger partial charge in [-0.2, -0.15) is 0 Å². The van der Waals surface area contributed by atoms with Crippen molar-refractivity contribution in [2.24, 2.45) is 17.6 Å². The summed E-state index contributed by atoms with van der Waals surface area (Å²) in [4.78, 5) is 0. The summed E-state index contributed by atoms with van der Waals surface area (Å²) in [5, 5.41) is 9.51. The second-order valence-corrected chi connectivity index (χ2v) is 3.84. The summed E-state index contributed by atoms with van der Waals surface area (Å²) in [5.74, 6) is 1.40. The molecule has 1 aliphatic rings. The lowest BCUT2D eigenvalue weighted by molar-refractivity contribution is -0.0788. The van der Waals surface area contributed by atoms with E-state index in [9.17, 15) is 5.11 Å². The molecule has 10 heavy (non-hydrogen) atoms. The highest BCUT2D eigenvalue weighted by Gasteiger charge is 2.42. The molecule has 0 spiro atoms. The second kappa shape index (κ2) is 2.51. The zero-order valence-corrected chi connectivity index (χ0v) is 6.80. The predicted molar refractivity (Wildman–Crippen MR) is 41.6 cm³/mol. The summed E-state index contributed by atoms with van der Waals surface area (Å²) in [6, 6.07) is 0. The Morgan fingerprint density at radius 2 is 2.10 bits per heavy atom. The first-order valence-corrected chi connectivity index (χ1v) is 4.00. The van der Waals surface area contributed by atoms with Crippen molar-refractivity contribution in [3.63, 3.8) is 0 Å². The zero-order valence-electron chi connectivity index (χ0n) is 6.80. The maximum atomic E-state index is 9.51. The molecular formula is C8H17NO. The Morgan fingerprint density at radius 1 is 1.60 bits per heavy atom. The zero-order chi connectivity index (χ0) is 7.78. The van der Waals surface area contributed by atoms with E-state index in [1.807, 2.05) is 0 Å². The number of rotatable bonds is 2. The summed E-state index contributed by atoms with van der Waals surface area (Å²) >= 11 is 0. The van der Waals surface area contributed by atoms with E-state index >= 15 is 0 Å². The van der Waals surface area contributed by atoms with Gasteiger partial charge in [-0.1, -0.05) is 13.8 Å². The Bertz CT molecular complexity index is 116. The number of hydrogen-bond acceptors (Lipinski definition) is 2. The molecule has 0 heterocycles. The molecule has 0 unspecified atom stereocenters. The van der Waals surface area contributed by atoms with Gasteiger partial charge in [-0.05, 0) is 24.7 Å². The maximum absolute atomic E-state index is 9.51. The molecule has 2 nitrogen and oxygen atoms in total. The van der Waals surface area contributed by atoms with Crippen LogP contribution in [-0.2, 0) is 0 Å². The fourth-order valence-corrected chi connectivity index (χ4v) is 1.55. The number of aliphatic hydroxyl groups is 1. The van der Waals surface area contributed by atoms with Gasteiger partial charge in [-0.25, -0.2) is 0 Å². The Balaban J connectivity index is 2.29. The van der Waals surface area contributed by atoms with Gasteiger partial charge in [0.15, 0.2) is 0 Å². The molecule has 60 valence electrons. The molecule has 0 amide bonds. The van der Waals surface area contributed by atoms with Crippen LogP contribution in [-0.4, -0.2) is 17.3 Å². The van der Waals surface area contributed by atoms with Crippen LogP contribution in [0.1, 0.15) is 26.7 Å². The summed E-state index contributed by atoms with van der Waals surface area (Å²) in [6.45, 7) is 4.82. The fourth-order valence-electron chi connectivity index (χ4n) is 1.55. The van der Waals surface area contributed by atoms with E-state index in [4.69, 9.17) is 5.73 Å². The van der Waals surface area contributed by atoms with Crippen LogP contribution in [0.15, 0.2) is 0 Å². The maximum Gasteiger partial charge on any atom is 0.0774 e. The molecule has 2 heteroatoms. The Kier molecular flexibility index (Phi) is 2.02. The minimum absolute atomic E-state index is 0.427. The van der Waals surface area contributed by atoms with Crippen LogP contribution in [0.5, 0.6) is 0 Å². The highest BCUT2D eigenvalue weighted by atomic mass is 16.3. The third-order valence-corrected chi connectivity index (χ3v) is 2.61. The van der Waals surface area contributed by atoms with Crippen molar-refractivity contribution in [2.45, 2.75) is 32.3 Å². The van der Waals surface area contributed by atoms with E-state index in [1.165, 1.54) is 0 Å². The summed E-state index contributed by atoms with van der Waals surface area (Å²) in [6.07, 6.45) is 1.81. The van der Waals surface area contributed by atoms with Crippen molar-refractivity contribution in [2.75, 3.05) is 6.54 Å². The van der Waals surface area contributed by atoms with E-state index in [0.717, 1.165) is 12.8 Å². The average Bonchev–Trinajstić information content (AvgIpc) is 1.80. The smallest absolute Gasteiger partial charge is 0.0774 e. The molecule has 1 fully saturated rings. The van der Waals surface area contributed by atoms with Gasteiger partial charge in [-0.15, -0.1) is 0 Å². The van der Waals surface area contributed by atoms with Crippen LogP contribution in [0.4, 0.5) is 0 Å². The van der Waals surface area contributed by atoms with Gasteiger partial charge in [0.05, 0.1) is 5.60 Å². The lowest BCUT2D eigenvalue weighted by Gasteiger charge is -2.45. The molecule has 3 N–H and O–H groups in total. The highest BCUT2D eigenvalue weighted by Crippen LogP contribution is 2.41. The predicted octanol–water partition coefficient (Wildman–Crippen LogP) is 0.742. The van der Waals surface area contributed by atoms with Gasteiger partial charge < -0.3 is 10.8 Å². The van der Waals surface area contributed by atoms with E-state index in [2.05, 4.69) is 13.8 Å². The van der Waals surface area contributed by atoms with Gasteiger partial charge in [0.25, 0.3) is 0 Å². The molecule has 1 rings (SSSR count). The van der Waals surface area contributed by atoms with Crippen molar-refractivity contribution in [3.8, 4) is 0 Å². The lowest BCUT2D eigenvalue weighted by atomic mass is 9.66. The van der Waals surface area contributed by atoms with E-state index in [0.29, 0.717) is 18.4 Å². The minimum atomic E-state index is -0.505. The van der Waals surface area contributed by atoms with Crippen LogP contribution in [0, 0.1) is 11.8 Å². The molecule has 0 atom stereocenters. The first kappa shape index (κ1) is 8.02. The van der Waals surface area contributed by atoms with Gasteiger partial charge >= 0.3 is 0 Å². The molecule has 0 aromatic carbocycles. The summed E-state index contributed by atoms with van der Waals surface area (Å²) in [5.41, 5.74) is 4.88. The van der Waals surface area contributed by atoms with Gasteiger partial charge in [0.2, 0.25) is 0 Å². The fraction of sp³-hybridized carbons (Fsp3) is 1.00. The molecule has 1 saturated carbocycles. The summed E-state index contributed by atoms with van der Waals surface area (Å²) < 4.78 is 0. The minimum Gasteiger partial charge on any atom is -0.389 e. The standard InChI is InChI=1S/C8H17NO/c1-6(2)7-3-8(10,4-7)5-9/h6-7,10H,3-5,9H2,1-2H3/t7-,8+. The largest absolute Gasteiger partial charge is 0.389 e. The Hall–Kier alpha value is -0.0800. The molecule has 1 aliphatic carbocycles. The second-order valence-electron chi connectivity index (χ2n) is 3.84. The molecule has 0 aliphatic heterocycles. The normalized spacial score (nSPS) is 39.9. The van der Waals surface area contributed by atoms with Crippen LogP contribution in [0.2, 0.25) is 0 Å².